The third-order valence-corrected chi connectivity index (χ3v) is 6.57. The Hall–Kier alpha value is -2.58. The standard InChI is InChI=1S/C21H25NO6S/c1-21(2,16-6-9-18-19(12-16)28-14-27-18)13-22-20(23)15-4-7-17(8-5-15)29(24,25)11-10-26-3/h4-9,12H,10-11,13-14H2,1-3H3,(H,22,23). The van der Waals surface area contributed by atoms with Crippen LogP contribution in [0.15, 0.2) is 47.4 Å². The molecule has 2 aromatic carbocycles. The molecule has 8 heteroatoms. The molecule has 7 nitrogen and oxygen atoms in total. The molecule has 0 spiro atoms. The van der Waals surface area contributed by atoms with E-state index in [0.717, 1.165) is 5.56 Å². The minimum atomic E-state index is -3.42. The average molecular weight is 419 g/mol. The smallest absolute Gasteiger partial charge is 0.251 e. The van der Waals surface area contributed by atoms with Crippen LogP contribution in [-0.2, 0) is 20.0 Å². The third kappa shape index (κ3) is 4.89. The van der Waals surface area contributed by atoms with Crippen molar-refractivity contribution in [2.45, 2.75) is 24.2 Å². The van der Waals surface area contributed by atoms with Gasteiger partial charge in [-0.3, -0.25) is 4.79 Å². The summed E-state index contributed by atoms with van der Waals surface area (Å²) in [6.07, 6.45) is 0. The Morgan fingerprint density at radius 2 is 1.79 bits per heavy atom. The molecule has 1 amide bonds. The molecule has 0 radical (unpaired) electrons. The van der Waals surface area contributed by atoms with Gasteiger partial charge in [-0.2, -0.15) is 0 Å². The fourth-order valence-corrected chi connectivity index (χ4v) is 4.12. The lowest BCUT2D eigenvalue weighted by molar-refractivity contribution is 0.0945. The van der Waals surface area contributed by atoms with Crippen molar-refractivity contribution in [1.29, 1.82) is 0 Å². The lowest BCUT2D eigenvalue weighted by Gasteiger charge is -2.26. The number of hydrogen-bond donors (Lipinski definition) is 1. The predicted molar refractivity (Wildman–Crippen MR) is 108 cm³/mol. The Labute approximate surface area is 170 Å². The molecule has 0 bridgehead atoms. The van der Waals surface area contributed by atoms with Crippen LogP contribution in [0.2, 0.25) is 0 Å². The van der Waals surface area contributed by atoms with Crippen LogP contribution in [0.3, 0.4) is 0 Å². The van der Waals surface area contributed by atoms with Crippen LogP contribution >= 0.6 is 0 Å². The maximum absolute atomic E-state index is 12.5. The van der Waals surface area contributed by atoms with Crippen molar-refractivity contribution in [2.75, 3.05) is 32.8 Å². The van der Waals surface area contributed by atoms with E-state index in [2.05, 4.69) is 5.32 Å². The molecule has 2 aromatic rings. The summed E-state index contributed by atoms with van der Waals surface area (Å²) in [5, 5.41) is 2.92. The zero-order valence-corrected chi connectivity index (χ0v) is 17.5. The van der Waals surface area contributed by atoms with Crippen LogP contribution in [0, 0.1) is 0 Å². The largest absolute Gasteiger partial charge is 0.454 e. The maximum Gasteiger partial charge on any atom is 0.251 e. The number of sulfone groups is 1. The highest BCUT2D eigenvalue weighted by Crippen LogP contribution is 2.36. The van der Waals surface area contributed by atoms with E-state index in [9.17, 15) is 13.2 Å². The summed E-state index contributed by atoms with van der Waals surface area (Å²) in [4.78, 5) is 12.7. The van der Waals surface area contributed by atoms with Gasteiger partial charge in [0.2, 0.25) is 6.79 Å². The summed E-state index contributed by atoms with van der Waals surface area (Å²) in [7, 11) is -1.97. The molecule has 29 heavy (non-hydrogen) atoms. The van der Waals surface area contributed by atoms with E-state index >= 15 is 0 Å². The number of hydrogen-bond acceptors (Lipinski definition) is 6. The lowest BCUT2D eigenvalue weighted by Crippen LogP contribution is -2.36. The van der Waals surface area contributed by atoms with Gasteiger partial charge in [-0.1, -0.05) is 19.9 Å². The minimum absolute atomic E-state index is 0.0984. The Morgan fingerprint density at radius 1 is 1.10 bits per heavy atom. The Kier molecular flexibility index (Phi) is 6.14. The molecule has 1 aliphatic rings. The molecule has 0 saturated heterocycles. The molecule has 0 fully saturated rings. The normalized spacial score (nSPS) is 13.3. The second-order valence-electron chi connectivity index (χ2n) is 7.47. The molecular weight excluding hydrogens is 394 g/mol. The number of amides is 1. The molecule has 0 atom stereocenters. The molecular formula is C21H25NO6S. The number of carbonyl (C=O) groups is 1. The highest BCUT2D eigenvalue weighted by molar-refractivity contribution is 7.91. The first-order chi connectivity index (χ1) is 13.7. The van der Waals surface area contributed by atoms with Crippen molar-refractivity contribution in [1.82, 2.24) is 5.32 Å². The van der Waals surface area contributed by atoms with Crippen molar-refractivity contribution in [3.05, 3.63) is 53.6 Å². The summed E-state index contributed by atoms with van der Waals surface area (Å²) in [6, 6.07) is 11.7. The number of benzene rings is 2. The fraction of sp³-hybridized carbons (Fsp3) is 0.381. The highest BCUT2D eigenvalue weighted by Gasteiger charge is 2.25. The first kappa shape index (κ1) is 21.1. The van der Waals surface area contributed by atoms with Crippen LogP contribution in [0.4, 0.5) is 0 Å². The van der Waals surface area contributed by atoms with Crippen LogP contribution in [0.5, 0.6) is 11.5 Å². The number of fused-ring (bicyclic) bond motifs is 1. The van der Waals surface area contributed by atoms with Crippen LogP contribution in [0.25, 0.3) is 0 Å². The van der Waals surface area contributed by atoms with Gasteiger partial charge in [-0.25, -0.2) is 8.42 Å². The third-order valence-electron chi connectivity index (χ3n) is 4.88. The quantitative estimate of drug-likeness (QED) is 0.707. The van der Waals surface area contributed by atoms with E-state index in [-0.39, 0.29) is 35.4 Å². The lowest BCUT2D eigenvalue weighted by atomic mass is 9.84. The van der Waals surface area contributed by atoms with Gasteiger partial charge in [0, 0.05) is 24.6 Å². The van der Waals surface area contributed by atoms with Crippen molar-refractivity contribution < 1.29 is 27.4 Å². The van der Waals surface area contributed by atoms with Crippen LogP contribution in [0.1, 0.15) is 29.8 Å². The van der Waals surface area contributed by atoms with E-state index in [1.165, 1.54) is 31.4 Å². The second kappa shape index (κ2) is 8.42. The summed E-state index contributed by atoms with van der Waals surface area (Å²) >= 11 is 0. The van der Waals surface area contributed by atoms with Gasteiger partial charge in [0.1, 0.15) is 0 Å². The first-order valence-corrected chi connectivity index (χ1v) is 10.9. The number of nitrogens with one attached hydrogen (secondary N) is 1. The van der Waals surface area contributed by atoms with E-state index in [4.69, 9.17) is 14.2 Å². The summed E-state index contributed by atoms with van der Waals surface area (Å²) in [5.74, 6) is 1.06. The molecule has 0 saturated carbocycles. The molecule has 0 aliphatic carbocycles. The zero-order valence-electron chi connectivity index (χ0n) is 16.7. The molecule has 1 aliphatic heterocycles. The zero-order chi connectivity index (χ0) is 21.1. The Bertz CT molecular complexity index is 983. The average Bonchev–Trinajstić information content (AvgIpc) is 3.18. The van der Waals surface area contributed by atoms with Crippen molar-refractivity contribution >= 4 is 15.7 Å². The topological polar surface area (TPSA) is 90.9 Å². The molecule has 3 rings (SSSR count). The van der Waals surface area contributed by atoms with Crippen LogP contribution < -0.4 is 14.8 Å². The van der Waals surface area contributed by atoms with E-state index in [1.807, 2.05) is 32.0 Å². The van der Waals surface area contributed by atoms with Gasteiger partial charge in [0.15, 0.2) is 21.3 Å². The number of rotatable bonds is 8. The van der Waals surface area contributed by atoms with Gasteiger partial charge >= 0.3 is 0 Å². The van der Waals surface area contributed by atoms with Crippen molar-refractivity contribution in [3.63, 3.8) is 0 Å². The molecule has 1 N–H and O–H groups in total. The summed E-state index contributed by atoms with van der Waals surface area (Å²) in [6.45, 7) is 4.79. The van der Waals surface area contributed by atoms with E-state index < -0.39 is 9.84 Å². The SMILES string of the molecule is COCCS(=O)(=O)c1ccc(C(=O)NCC(C)(C)c2ccc3c(c2)OCO3)cc1. The minimum Gasteiger partial charge on any atom is -0.454 e. The summed E-state index contributed by atoms with van der Waals surface area (Å²) < 4.78 is 39.9. The predicted octanol–water partition coefficient (Wildman–Crippen LogP) is 2.54. The Balaban J connectivity index is 1.64. The van der Waals surface area contributed by atoms with E-state index in [0.29, 0.717) is 23.6 Å². The number of carbonyl (C=O) groups excluding carboxylic acids is 1. The maximum atomic E-state index is 12.5. The Morgan fingerprint density at radius 3 is 2.48 bits per heavy atom. The van der Waals surface area contributed by atoms with Crippen LogP contribution in [-0.4, -0.2) is 47.1 Å². The highest BCUT2D eigenvalue weighted by atomic mass is 32.2. The van der Waals surface area contributed by atoms with Gasteiger partial charge in [0.25, 0.3) is 5.91 Å². The van der Waals surface area contributed by atoms with Gasteiger partial charge in [-0.05, 0) is 42.0 Å². The molecule has 0 unspecified atom stereocenters. The van der Waals surface area contributed by atoms with Crippen molar-refractivity contribution in [2.24, 2.45) is 0 Å². The van der Waals surface area contributed by atoms with Gasteiger partial charge < -0.3 is 19.5 Å². The summed E-state index contributed by atoms with van der Waals surface area (Å²) in [5.41, 5.74) is 1.08. The van der Waals surface area contributed by atoms with Crippen molar-refractivity contribution in [3.8, 4) is 11.5 Å². The van der Waals surface area contributed by atoms with Gasteiger partial charge in [-0.15, -0.1) is 0 Å². The second-order valence-corrected chi connectivity index (χ2v) is 9.58. The first-order valence-electron chi connectivity index (χ1n) is 9.23. The molecule has 1 heterocycles. The molecule has 156 valence electrons. The molecule has 0 aromatic heterocycles. The van der Waals surface area contributed by atoms with E-state index in [1.54, 1.807) is 0 Å². The fourth-order valence-electron chi connectivity index (χ4n) is 2.95. The number of methoxy groups -OCH3 is 1. The number of ether oxygens (including phenoxy) is 3. The monoisotopic (exact) mass is 419 g/mol. The van der Waals surface area contributed by atoms with Gasteiger partial charge in [0.05, 0.1) is 17.3 Å².